The van der Waals surface area contributed by atoms with E-state index in [0.29, 0.717) is 11.5 Å². The van der Waals surface area contributed by atoms with Crippen LogP contribution in [0.4, 0.5) is 0 Å². The third kappa shape index (κ3) is 5.23. The SMILES string of the molecule is CCCC(C)CN1CCC2(CC1)CC(OCCC(C)CC)C2. The molecule has 22 heavy (non-hydrogen) atoms. The van der Waals surface area contributed by atoms with Crippen molar-refractivity contribution in [1.82, 2.24) is 4.90 Å². The van der Waals surface area contributed by atoms with E-state index in [0.717, 1.165) is 18.4 Å². The minimum atomic E-state index is 0.578. The number of piperidine rings is 1. The Morgan fingerprint density at radius 3 is 2.32 bits per heavy atom. The number of nitrogens with zero attached hydrogens (tertiary/aromatic N) is 1. The predicted octanol–water partition coefficient (Wildman–Crippen LogP) is 5.12. The molecule has 1 aliphatic carbocycles. The van der Waals surface area contributed by atoms with Crippen molar-refractivity contribution in [2.45, 2.75) is 85.2 Å². The normalized spacial score (nSPS) is 25.1. The fourth-order valence-electron chi connectivity index (χ4n) is 4.31. The molecule has 0 bridgehead atoms. The zero-order valence-electron chi connectivity index (χ0n) is 15.6. The van der Waals surface area contributed by atoms with Gasteiger partial charge < -0.3 is 9.64 Å². The van der Waals surface area contributed by atoms with Gasteiger partial charge in [-0.2, -0.15) is 0 Å². The third-order valence-corrected chi connectivity index (χ3v) is 6.25. The molecule has 0 aromatic rings. The van der Waals surface area contributed by atoms with Crippen LogP contribution in [0.25, 0.3) is 0 Å². The second kappa shape index (κ2) is 8.68. The van der Waals surface area contributed by atoms with Gasteiger partial charge in [-0.3, -0.25) is 0 Å². The molecular formula is C20H39NO. The van der Waals surface area contributed by atoms with Crippen molar-refractivity contribution >= 4 is 0 Å². The Morgan fingerprint density at radius 1 is 1.05 bits per heavy atom. The van der Waals surface area contributed by atoms with Crippen molar-refractivity contribution in [3.05, 3.63) is 0 Å². The molecular weight excluding hydrogens is 270 g/mol. The summed E-state index contributed by atoms with van der Waals surface area (Å²) in [5, 5.41) is 0. The van der Waals surface area contributed by atoms with Gasteiger partial charge in [-0.25, -0.2) is 0 Å². The average molecular weight is 310 g/mol. The van der Waals surface area contributed by atoms with Crippen LogP contribution in [0.3, 0.4) is 0 Å². The highest BCUT2D eigenvalue weighted by Gasteiger charge is 2.46. The molecule has 1 saturated carbocycles. The van der Waals surface area contributed by atoms with E-state index in [-0.39, 0.29) is 0 Å². The van der Waals surface area contributed by atoms with Gasteiger partial charge in [0.25, 0.3) is 0 Å². The molecule has 2 fully saturated rings. The zero-order valence-corrected chi connectivity index (χ0v) is 15.6. The largest absolute Gasteiger partial charge is 0.378 e. The second-order valence-corrected chi connectivity index (χ2v) is 8.40. The lowest BCUT2D eigenvalue weighted by molar-refractivity contribution is -0.107. The quantitative estimate of drug-likeness (QED) is 0.586. The van der Waals surface area contributed by atoms with Gasteiger partial charge in [0.1, 0.15) is 0 Å². The Morgan fingerprint density at radius 2 is 1.73 bits per heavy atom. The number of hydrogen-bond acceptors (Lipinski definition) is 2. The van der Waals surface area contributed by atoms with Gasteiger partial charge in [-0.05, 0) is 68.9 Å². The third-order valence-electron chi connectivity index (χ3n) is 6.25. The molecule has 0 radical (unpaired) electrons. The van der Waals surface area contributed by atoms with E-state index in [1.165, 1.54) is 71.0 Å². The Hall–Kier alpha value is -0.0800. The van der Waals surface area contributed by atoms with E-state index >= 15 is 0 Å². The first kappa shape index (κ1) is 18.3. The number of hydrogen-bond donors (Lipinski definition) is 0. The monoisotopic (exact) mass is 309 g/mol. The zero-order chi connectivity index (χ0) is 16.0. The van der Waals surface area contributed by atoms with E-state index in [1.54, 1.807) is 0 Å². The molecule has 1 aliphatic heterocycles. The number of likely N-dealkylation sites (tertiary alicyclic amines) is 1. The second-order valence-electron chi connectivity index (χ2n) is 8.40. The van der Waals surface area contributed by atoms with E-state index in [4.69, 9.17) is 4.74 Å². The highest BCUT2D eigenvalue weighted by atomic mass is 16.5. The van der Waals surface area contributed by atoms with E-state index in [9.17, 15) is 0 Å². The molecule has 0 aromatic carbocycles. The van der Waals surface area contributed by atoms with Crippen LogP contribution in [0.5, 0.6) is 0 Å². The van der Waals surface area contributed by atoms with Crippen molar-refractivity contribution in [2.24, 2.45) is 17.3 Å². The molecule has 0 amide bonds. The first-order valence-corrected chi connectivity index (χ1v) is 9.91. The number of rotatable bonds is 9. The highest BCUT2D eigenvalue weighted by Crippen LogP contribution is 2.50. The van der Waals surface area contributed by atoms with Crippen LogP contribution in [-0.2, 0) is 4.74 Å². The highest BCUT2D eigenvalue weighted by molar-refractivity contribution is 4.98. The Labute approximate surface area is 139 Å². The van der Waals surface area contributed by atoms with Crippen LogP contribution in [0.2, 0.25) is 0 Å². The van der Waals surface area contributed by atoms with Gasteiger partial charge in [-0.15, -0.1) is 0 Å². The molecule has 2 unspecified atom stereocenters. The van der Waals surface area contributed by atoms with E-state index in [2.05, 4.69) is 32.6 Å². The molecule has 0 aromatic heterocycles. The van der Waals surface area contributed by atoms with E-state index < -0.39 is 0 Å². The van der Waals surface area contributed by atoms with Crippen LogP contribution in [0.15, 0.2) is 0 Å². The molecule has 1 spiro atoms. The van der Waals surface area contributed by atoms with Crippen molar-refractivity contribution in [1.29, 1.82) is 0 Å². The Kier molecular flexibility index (Phi) is 7.21. The standard InChI is InChI=1S/C20H39NO/c1-5-7-18(4)16-21-11-9-20(10-12-21)14-19(15-20)22-13-8-17(3)6-2/h17-19H,5-16H2,1-4H3. The smallest absolute Gasteiger partial charge is 0.0585 e. The molecule has 2 nitrogen and oxygen atoms in total. The van der Waals surface area contributed by atoms with Crippen molar-refractivity contribution < 1.29 is 4.74 Å². The molecule has 2 heteroatoms. The van der Waals surface area contributed by atoms with Crippen LogP contribution < -0.4 is 0 Å². The summed E-state index contributed by atoms with van der Waals surface area (Å²) in [4.78, 5) is 2.71. The van der Waals surface area contributed by atoms with Gasteiger partial charge in [0.05, 0.1) is 6.10 Å². The molecule has 0 N–H and O–H groups in total. The van der Waals surface area contributed by atoms with Crippen molar-refractivity contribution in [3.63, 3.8) is 0 Å². The first-order chi connectivity index (χ1) is 10.6. The van der Waals surface area contributed by atoms with Crippen LogP contribution in [0, 0.1) is 17.3 Å². The van der Waals surface area contributed by atoms with E-state index in [1.807, 2.05) is 0 Å². The topological polar surface area (TPSA) is 12.5 Å². The molecule has 1 saturated heterocycles. The molecule has 2 rings (SSSR count). The molecule has 130 valence electrons. The summed E-state index contributed by atoms with van der Waals surface area (Å²) in [6.45, 7) is 14.3. The van der Waals surface area contributed by atoms with Gasteiger partial charge in [-0.1, -0.05) is 40.5 Å². The lowest BCUT2D eigenvalue weighted by atomic mass is 9.61. The maximum absolute atomic E-state index is 6.09. The maximum atomic E-state index is 6.09. The van der Waals surface area contributed by atoms with Gasteiger partial charge in [0, 0.05) is 13.2 Å². The lowest BCUT2D eigenvalue weighted by Gasteiger charge is -2.52. The summed E-state index contributed by atoms with van der Waals surface area (Å²) < 4.78 is 6.09. The Balaban J connectivity index is 1.58. The summed E-state index contributed by atoms with van der Waals surface area (Å²) >= 11 is 0. The predicted molar refractivity (Wildman–Crippen MR) is 95.2 cm³/mol. The van der Waals surface area contributed by atoms with Crippen LogP contribution in [0.1, 0.15) is 79.1 Å². The van der Waals surface area contributed by atoms with Crippen LogP contribution >= 0.6 is 0 Å². The van der Waals surface area contributed by atoms with Gasteiger partial charge in [0.15, 0.2) is 0 Å². The molecule has 2 atom stereocenters. The summed E-state index contributed by atoms with van der Waals surface area (Å²) in [5.74, 6) is 1.69. The van der Waals surface area contributed by atoms with Crippen LogP contribution in [-0.4, -0.2) is 37.2 Å². The molecule has 1 heterocycles. The fraction of sp³-hybridized carbons (Fsp3) is 1.00. The summed E-state index contributed by atoms with van der Waals surface area (Å²) in [6.07, 6.45) is 11.3. The summed E-state index contributed by atoms with van der Waals surface area (Å²) in [7, 11) is 0. The average Bonchev–Trinajstić information content (AvgIpc) is 2.47. The minimum absolute atomic E-state index is 0.578. The fourth-order valence-corrected chi connectivity index (χ4v) is 4.31. The van der Waals surface area contributed by atoms with Crippen molar-refractivity contribution in [2.75, 3.05) is 26.2 Å². The molecule has 2 aliphatic rings. The Bertz CT molecular complexity index is 301. The summed E-state index contributed by atoms with van der Waals surface area (Å²) in [6, 6.07) is 0. The van der Waals surface area contributed by atoms with Gasteiger partial charge >= 0.3 is 0 Å². The van der Waals surface area contributed by atoms with Crippen molar-refractivity contribution in [3.8, 4) is 0 Å². The first-order valence-electron chi connectivity index (χ1n) is 9.91. The summed E-state index contributed by atoms with van der Waals surface area (Å²) in [5.41, 5.74) is 0.658. The lowest BCUT2D eigenvalue weighted by Crippen LogP contribution is -2.50. The minimum Gasteiger partial charge on any atom is -0.378 e. The number of ether oxygens (including phenoxy) is 1. The maximum Gasteiger partial charge on any atom is 0.0585 e. The van der Waals surface area contributed by atoms with Gasteiger partial charge in [0.2, 0.25) is 0 Å².